The first-order valence-electron chi connectivity index (χ1n) is 5.68. The second-order valence-electron chi connectivity index (χ2n) is 3.88. The van der Waals surface area contributed by atoms with Crippen molar-refractivity contribution < 1.29 is 22.7 Å². The summed E-state index contributed by atoms with van der Waals surface area (Å²) in [4.78, 5) is 22.4. The van der Waals surface area contributed by atoms with Crippen LogP contribution in [0.15, 0.2) is 29.2 Å². The summed E-state index contributed by atoms with van der Waals surface area (Å²) in [6, 6.07) is 6.13. The van der Waals surface area contributed by atoms with Gasteiger partial charge in [-0.1, -0.05) is 29.5 Å². The minimum atomic E-state index is -3.87. The van der Waals surface area contributed by atoms with Crippen LogP contribution in [0.5, 0.6) is 0 Å². The third-order valence-electron chi connectivity index (χ3n) is 2.32. The van der Waals surface area contributed by atoms with Gasteiger partial charge in [0.15, 0.2) is 0 Å². The van der Waals surface area contributed by atoms with Crippen LogP contribution in [0.4, 0.5) is 4.79 Å². The fraction of sp³-hybridized carbons (Fsp3) is 0.333. The third-order valence-corrected chi connectivity index (χ3v) is 4.56. The molecule has 110 valence electrons. The fourth-order valence-corrected chi connectivity index (χ4v) is 3.10. The highest BCUT2D eigenvalue weighted by molar-refractivity contribution is 8.14. The number of sulfonamides is 1. The Hall–Kier alpha value is -1.54. The van der Waals surface area contributed by atoms with Gasteiger partial charge < -0.3 is 4.74 Å². The highest BCUT2D eigenvalue weighted by Crippen LogP contribution is 2.12. The monoisotopic (exact) mass is 317 g/mol. The lowest BCUT2D eigenvalue weighted by molar-refractivity contribution is -0.140. The lowest BCUT2D eigenvalue weighted by Gasteiger charge is -2.06. The zero-order chi connectivity index (χ0) is 15.2. The van der Waals surface area contributed by atoms with E-state index in [0.29, 0.717) is 11.8 Å². The normalized spacial score (nSPS) is 10.9. The Kier molecular flexibility index (Phi) is 6.03. The molecule has 8 heteroatoms. The van der Waals surface area contributed by atoms with Crippen molar-refractivity contribution in [1.82, 2.24) is 4.72 Å². The van der Waals surface area contributed by atoms with Crippen LogP contribution in [0.25, 0.3) is 0 Å². The molecule has 6 nitrogen and oxygen atoms in total. The molecule has 1 aromatic rings. The molecule has 0 radical (unpaired) electrons. The van der Waals surface area contributed by atoms with Crippen LogP contribution in [0.2, 0.25) is 0 Å². The molecule has 1 rings (SSSR count). The Balaban J connectivity index is 2.56. The van der Waals surface area contributed by atoms with E-state index in [2.05, 4.69) is 4.74 Å². The maximum Gasteiger partial charge on any atom is 0.306 e. The van der Waals surface area contributed by atoms with Crippen molar-refractivity contribution in [3.8, 4) is 0 Å². The molecule has 0 saturated carbocycles. The van der Waals surface area contributed by atoms with E-state index in [4.69, 9.17) is 0 Å². The molecule has 0 saturated heterocycles. The van der Waals surface area contributed by atoms with Gasteiger partial charge in [-0.15, -0.1) is 0 Å². The van der Waals surface area contributed by atoms with E-state index in [0.717, 1.165) is 5.56 Å². The van der Waals surface area contributed by atoms with Gasteiger partial charge in [-0.05, 0) is 19.1 Å². The number of nitrogens with one attached hydrogen (secondary N) is 1. The SMILES string of the molecule is COC(=O)CCSC(=O)NS(=O)(=O)c1ccc(C)cc1. The quantitative estimate of drug-likeness (QED) is 0.831. The topological polar surface area (TPSA) is 89.5 Å². The van der Waals surface area contributed by atoms with Crippen molar-refractivity contribution >= 4 is 33.0 Å². The summed E-state index contributed by atoms with van der Waals surface area (Å²) in [6.07, 6.45) is 0.0408. The number of aryl methyl sites for hydroxylation is 1. The predicted molar refractivity (Wildman–Crippen MR) is 76.0 cm³/mol. The maximum atomic E-state index is 11.9. The summed E-state index contributed by atoms with van der Waals surface area (Å²) in [5.74, 6) is -0.297. The molecular formula is C12H15NO5S2. The average molecular weight is 317 g/mol. The lowest BCUT2D eigenvalue weighted by atomic mass is 10.2. The summed E-state index contributed by atoms with van der Waals surface area (Å²) in [5, 5.41) is -0.727. The Morgan fingerprint density at radius 3 is 2.40 bits per heavy atom. The Morgan fingerprint density at radius 1 is 1.25 bits per heavy atom. The number of thioether (sulfide) groups is 1. The van der Waals surface area contributed by atoms with Crippen LogP contribution in [0, 0.1) is 6.92 Å². The van der Waals surface area contributed by atoms with Gasteiger partial charge in [-0.3, -0.25) is 9.59 Å². The van der Waals surface area contributed by atoms with Gasteiger partial charge in [0.05, 0.1) is 18.4 Å². The molecule has 0 bridgehead atoms. The molecule has 0 spiro atoms. The van der Waals surface area contributed by atoms with Crippen molar-refractivity contribution in [3.63, 3.8) is 0 Å². The smallest absolute Gasteiger partial charge is 0.306 e. The van der Waals surface area contributed by atoms with E-state index in [1.54, 1.807) is 12.1 Å². The van der Waals surface area contributed by atoms with Gasteiger partial charge in [0.2, 0.25) is 0 Å². The van der Waals surface area contributed by atoms with E-state index in [1.807, 2.05) is 11.6 Å². The number of methoxy groups -OCH3 is 1. The predicted octanol–water partition coefficient (Wildman–Crippen LogP) is 1.69. The summed E-state index contributed by atoms with van der Waals surface area (Å²) < 4.78 is 30.1. The minimum absolute atomic E-state index is 0.0185. The van der Waals surface area contributed by atoms with E-state index in [-0.39, 0.29) is 17.1 Å². The number of esters is 1. The number of amides is 1. The Labute approximate surface area is 121 Å². The van der Waals surface area contributed by atoms with E-state index in [1.165, 1.54) is 19.2 Å². The van der Waals surface area contributed by atoms with Crippen LogP contribution in [-0.2, 0) is 19.6 Å². The standard InChI is InChI=1S/C12H15NO5S2/c1-9-3-5-10(6-4-9)20(16,17)13-12(15)19-8-7-11(14)18-2/h3-6H,7-8H2,1-2H3,(H,13,15). The summed E-state index contributed by atoms with van der Waals surface area (Å²) in [5.41, 5.74) is 0.919. The first-order chi connectivity index (χ1) is 9.35. The van der Waals surface area contributed by atoms with Gasteiger partial charge >= 0.3 is 5.97 Å². The van der Waals surface area contributed by atoms with Crippen molar-refractivity contribution in [1.29, 1.82) is 0 Å². The number of carbonyl (C=O) groups excluding carboxylic acids is 2. The summed E-state index contributed by atoms with van der Waals surface area (Å²) in [7, 11) is -2.62. The van der Waals surface area contributed by atoms with Gasteiger partial charge in [0.25, 0.3) is 15.3 Å². The minimum Gasteiger partial charge on any atom is -0.469 e. The van der Waals surface area contributed by atoms with Crippen LogP contribution in [0.3, 0.4) is 0 Å². The average Bonchev–Trinajstić information content (AvgIpc) is 2.38. The van der Waals surface area contributed by atoms with Crippen molar-refractivity contribution in [2.75, 3.05) is 12.9 Å². The molecule has 0 aliphatic rings. The Morgan fingerprint density at radius 2 is 1.85 bits per heavy atom. The van der Waals surface area contributed by atoms with Crippen molar-refractivity contribution in [2.24, 2.45) is 0 Å². The zero-order valence-corrected chi connectivity index (χ0v) is 12.7. The molecule has 0 aliphatic carbocycles. The van der Waals surface area contributed by atoms with E-state index >= 15 is 0 Å². The van der Waals surface area contributed by atoms with Gasteiger partial charge in [-0.25, -0.2) is 13.1 Å². The molecule has 1 aromatic carbocycles. The number of ether oxygens (including phenoxy) is 1. The fourth-order valence-electron chi connectivity index (χ4n) is 1.24. The molecule has 0 atom stereocenters. The number of hydrogen-bond acceptors (Lipinski definition) is 6. The molecular weight excluding hydrogens is 302 g/mol. The number of rotatable bonds is 5. The zero-order valence-electron chi connectivity index (χ0n) is 11.1. The third kappa shape index (κ3) is 5.22. The highest BCUT2D eigenvalue weighted by atomic mass is 32.2. The molecule has 20 heavy (non-hydrogen) atoms. The van der Waals surface area contributed by atoms with Crippen molar-refractivity contribution in [3.05, 3.63) is 29.8 Å². The van der Waals surface area contributed by atoms with Crippen LogP contribution >= 0.6 is 11.8 Å². The molecule has 1 amide bonds. The lowest BCUT2D eigenvalue weighted by Crippen LogP contribution is -2.27. The molecule has 1 N–H and O–H groups in total. The van der Waals surface area contributed by atoms with Crippen LogP contribution in [-0.4, -0.2) is 32.5 Å². The number of carbonyl (C=O) groups is 2. The molecule has 0 heterocycles. The second kappa shape index (κ2) is 7.30. The highest BCUT2D eigenvalue weighted by Gasteiger charge is 2.17. The number of hydrogen-bond donors (Lipinski definition) is 1. The van der Waals surface area contributed by atoms with E-state index in [9.17, 15) is 18.0 Å². The molecule has 0 aromatic heterocycles. The number of benzene rings is 1. The largest absolute Gasteiger partial charge is 0.469 e. The Bertz CT molecular complexity index is 580. The van der Waals surface area contributed by atoms with Crippen molar-refractivity contribution in [2.45, 2.75) is 18.2 Å². The first kappa shape index (κ1) is 16.5. The second-order valence-corrected chi connectivity index (χ2v) is 6.63. The van der Waals surface area contributed by atoms with Crippen LogP contribution in [0.1, 0.15) is 12.0 Å². The van der Waals surface area contributed by atoms with Crippen LogP contribution < -0.4 is 4.72 Å². The maximum absolute atomic E-state index is 11.9. The molecule has 0 unspecified atom stereocenters. The molecule has 0 fully saturated rings. The molecule has 0 aliphatic heterocycles. The first-order valence-corrected chi connectivity index (χ1v) is 8.15. The summed E-state index contributed by atoms with van der Waals surface area (Å²) >= 11 is 0.715. The van der Waals surface area contributed by atoms with E-state index < -0.39 is 21.2 Å². The summed E-state index contributed by atoms with van der Waals surface area (Å²) in [6.45, 7) is 1.83. The van der Waals surface area contributed by atoms with Gasteiger partial charge in [0, 0.05) is 5.75 Å². The van der Waals surface area contributed by atoms with Gasteiger partial charge in [-0.2, -0.15) is 0 Å². The van der Waals surface area contributed by atoms with Gasteiger partial charge in [0.1, 0.15) is 0 Å².